The van der Waals surface area contributed by atoms with Crippen LogP contribution in [0.25, 0.3) is 0 Å². The maximum absolute atomic E-state index is 13.0. The molecule has 2 N–H and O–H groups in total. The van der Waals surface area contributed by atoms with Gasteiger partial charge in [-0.1, -0.05) is 6.07 Å². The van der Waals surface area contributed by atoms with Crippen molar-refractivity contribution in [3.63, 3.8) is 0 Å². The number of benzene rings is 1. The van der Waals surface area contributed by atoms with E-state index in [9.17, 15) is 13.6 Å². The molecule has 1 atom stereocenters. The minimum absolute atomic E-state index is 0. The number of hydrogen-bond acceptors (Lipinski definition) is 4. The van der Waals surface area contributed by atoms with Crippen LogP contribution in [0.15, 0.2) is 18.2 Å². The average Bonchev–Trinajstić information content (AvgIpc) is 3.01. The van der Waals surface area contributed by atoms with Crippen molar-refractivity contribution in [2.45, 2.75) is 24.9 Å². The third kappa shape index (κ3) is 3.54. The van der Waals surface area contributed by atoms with Crippen LogP contribution in [-0.2, 0) is 11.3 Å². The summed E-state index contributed by atoms with van der Waals surface area (Å²) >= 11 is 0. The number of carbonyl (C=O) groups excluding carboxylic acids is 1. The predicted molar refractivity (Wildman–Crippen MR) is 73.0 cm³/mol. The van der Waals surface area contributed by atoms with Crippen LogP contribution in [0.3, 0.4) is 0 Å². The molecule has 21 heavy (non-hydrogen) atoms. The van der Waals surface area contributed by atoms with Crippen LogP contribution >= 0.6 is 12.4 Å². The third-order valence-corrected chi connectivity index (χ3v) is 3.33. The summed E-state index contributed by atoms with van der Waals surface area (Å²) in [5.41, 5.74) is 0.826. The Hall–Kier alpha value is -1.60. The summed E-state index contributed by atoms with van der Waals surface area (Å²) in [4.78, 5) is 11.8. The van der Waals surface area contributed by atoms with E-state index in [4.69, 9.17) is 9.47 Å². The molecule has 2 aliphatic rings. The molecule has 3 rings (SSSR count). The molecule has 5 nitrogen and oxygen atoms in total. The van der Waals surface area contributed by atoms with Gasteiger partial charge in [-0.05, 0) is 17.7 Å². The molecule has 116 valence electrons. The van der Waals surface area contributed by atoms with Gasteiger partial charge in [0.25, 0.3) is 5.92 Å². The lowest BCUT2D eigenvalue weighted by atomic mass is 10.1. The highest BCUT2D eigenvalue weighted by Gasteiger charge is 2.42. The molecule has 1 amide bonds. The van der Waals surface area contributed by atoms with Crippen molar-refractivity contribution >= 4 is 18.3 Å². The van der Waals surface area contributed by atoms with Crippen LogP contribution in [0.2, 0.25) is 0 Å². The standard InChI is InChI=1S/C13H14F2N2O3.ClH/c14-13(15)4-9(17-6-13)12(18)16-5-8-1-2-10-11(3-8)20-7-19-10;/h1-3,9,17H,4-7H2,(H,16,18);1H. The summed E-state index contributed by atoms with van der Waals surface area (Å²) in [7, 11) is 0. The number of hydrogen-bond donors (Lipinski definition) is 2. The van der Waals surface area contributed by atoms with Gasteiger partial charge in [-0.3, -0.25) is 10.1 Å². The number of alkyl halides is 2. The van der Waals surface area contributed by atoms with Crippen LogP contribution < -0.4 is 20.1 Å². The Morgan fingerprint density at radius 2 is 2.14 bits per heavy atom. The van der Waals surface area contributed by atoms with Crippen molar-refractivity contribution in [1.82, 2.24) is 10.6 Å². The predicted octanol–water partition coefficient (Wildman–Crippen LogP) is 1.45. The highest BCUT2D eigenvalue weighted by Crippen LogP contribution is 2.32. The Kier molecular flexibility index (Phi) is 4.53. The van der Waals surface area contributed by atoms with Crippen LogP contribution in [0, 0.1) is 0 Å². The molecule has 1 aromatic carbocycles. The molecule has 0 spiro atoms. The van der Waals surface area contributed by atoms with Crippen molar-refractivity contribution < 1.29 is 23.0 Å². The van der Waals surface area contributed by atoms with Crippen molar-refractivity contribution in [2.75, 3.05) is 13.3 Å². The number of fused-ring (bicyclic) bond motifs is 1. The van der Waals surface area contributed by atoms with Gasteiger partial charge in [0.05, 0.1) is 12.6 Å². The van der Waals surface area contributed by atoms with Gasteiger partial charge in [0, 0.05) is 13.0 Å². The zero-order valence-corrected chi connectivity index (χ0v) is 11.8. The summed E-state index contributed by atoms with van der Waals surface area (Å²) in [5, 5.41) is 5.16. The van der Waals surface area contributed by atoms with Gasteiger partial charge in [-0.2, -0.15) is 0 Å². The van der Waals surface area contributed by atoms with Gasteiger partial charge in [0.1, 0.15) is 0 Å². The molecular weight excluding hydrogens is 306 g/mol. The molecule has 0 aromatic heterocycles. The second kappa shape index (κ2) is 6.03. The summed E-state index contributed by atoms with van der Waals surface area (Å²) < 4.78 is 36.4. The van der Waals surface area contributed by atoms with E-state index in [0.29, 0.717) is 11.5 Å². The largest absolute Gasteiger partial charge is 0.454 e. The first-order valence-corrected chi connectivity index (χ1v) is 6.31. The topological polar surface area (TPSA) is 59.6 Å². The van der Waals surface area contributed by atoms with Crippen LogP contribution in [0.4, 0.5) is 8.78 Å². The summed E-state index contributed by atoms with van der Waals surface area (Å²) in [6.07, 6.45) is -0.458. The fraction of sp³-hybridized carbons (Fsp3) is 0.462. The number of amides is 1. The fourth-order valence-electron chi connectivity index (χ4n) is 2.26. The number of carbonyl (C=O) groups is 1. The van der Waals surface area contributed by atoms with Gasteiger partial charge < -0.3 is 14.8 Å². The van der Waals surface area contributed by atoms with E-state index in [2.05, 4.69) is 10.6 Å². The molecule has 2 aliphatic heterocycles. The molecular formula is C13H15ClF2N2O3. The smallest absolute Gasteiger partial charge is 0.262 e. The van der Waals surface area contributed by atoms with Gasteiger partial charge >= 0.3 is 0 Å². The minimum atomic E-state index is -2.80. The molecule has 0 saturated carbocycles. The van der Waals surface area contributed by atoms with E-state index >= 15 is 0 Å². The Labute approximate surface area is 126 Å². The van der Waals surface area contributed by atoms with Gasteiger partial charge in [-0.15, -0.1) is 12.4 Å². The summed E-state index contributed by atoms with van der Waals surface area (Å²) in [5.74, 6) is -1.93. The van der Waals surface area contributed by atoms with Crippen molar-refractivity contribution in [3.8, 4) is 11.5 Å². The third-order valence-electron chi connectivity index (χ3n) is 3.33. The van der Waals surface area contributed by atoms with E-state index in [1.54, 1.807) is 18.2 Å². The zero-order valence-electron chi connectivity index (χ0n) is 11.0. The van der Waals surface area contributed by atoms with Crippen LogP contribution in [0.5, 0.6) is 11.5 Å². The second-order valence-electron chi connectivity index (χ2n) is 4.90. The minimum Gasteiger partial charge on any atom is -0.454 e. The number of nitrogens with one attached hydrogen (secondary N) is 2. The normalized spacial score (nSPS) is 21.7. The molecule has 1 saturated heterocycles. The first-order valence-electron chi connectivity index (χ1n) is 6.31. The van der Waals surface area contributed by atoms with E-state index in [-0.39, 0.29) is 25.7 Å². The Balaban J connectivity index is 0.00000161. The van der Waals surface area contributed by atoms with E-state index < -0.39 is 30.8 Å². The zero-order chi connectivity index (χ0) is 14.2. The number of ether oxygens (including phenoxy) is 2. The maximum Gasteiger partial charge on any atom is 0.262 e. The van der Waals surface area contributed by atoms with Crippen molar-refractivity contribution in [1.29, 1.82) is 0 Å². The van der Waals surface area contributed by atoms with Crippen LogP contribution in [0.1, 0.15) is 12.0 Å². The summed E-state index contributed by atoms with van der Waals surface area (Å²) in [6, 6.07) is 4.48. The molecule has 8 heteroatoms. The average molecular weight is 321 g/mol. The number of halogens is 3. The van der Waals surface area contributed by atoms with E-state index in [0.717, 1.165) is 5.56 Å². The monoisotopic (exact) mass is 320 g/mol. The lowest BCUT2D eigenvalue weighted by molar-refractivity contribution is -0.123. The van der Waals surface area contributed by atoms with Gasteiger partial charge in [0.15, 0.2) is 11.5 Å². The van der Waals surface area contributed by atoms with E-state index in [1.165, 1.54) is 0 Å². The van der Waals surface area contributed by atoms with Crippen molar-refractivity contribution in [2.24, 2.45) is 0 Å². The first-order chi connectivity index (χ1) is 9.53. The molecule has 1 unspecified atom stereocenters. The van der Waals surface area contributed by atoms with Crippen LogP contribution in [-0.4, -0.2) is 31.2 Å². The first kappa shape index (κ1) is 15.8. The SMILES string of the molecule is Cl.O=C(NCc1ccc2c(c1)OCO2)C1CC(F)(F)CN1. The lowest BCUT2D eigenvalue weighted by Crippen LogP contribution is -2.40. The Morgan fingerprint density at radius 3 is 2.86 bits per heavy atom. The highest BCUT2D eigenvalue weighted by molar-refractivity contribution is 5.85. The van der Waals surface area contributed by atoms with Crippen molar-refractivity contribution in [3.05, 3.63) is 23.8 Å². The van der Waals surface area contributed by atoms with E-state index in [1.807, 2.05) is 0 Å². The van der Waals surface area contributed by atoms with Gasteiger partial charge in [0.2, 0.25) is 12.7 Å². The quantitative estimate of drug-likeness (QED) is 0.885. The number of rotatable bonds is 3. The van der Waals surface area contributed by atoms with Gasteiger partial charge in [-0.25, -0.2) is 8.78 Å². The molecule has 0 radical (unpaired) electrons. The highest BCUT2D eigenvalue weighted by atomic mass is 35.5. The molecule has 2 heterocycles. The second-order valence-corrected chi connectivity index (χ2v) is 4.90. The summed E-state index contributed by atoms with van der Waals surface area (Å²) in [6.45, 7) is 0.000553. The molecule has 0 aliphatic carbocycles. The Bertz CT molecular complexity index is 542. The molecule has 1 aromatic rings. The fourth-order valence-corrected chi connectivity index (χ4v) is 2.26. The lowest BCUT2D eigenvalue weighted by Gasteiger charge is -2.11. The maximum atomic E-state index is 13.0. The molecule has 1 fully saturated rings. The molecule has 0 bridgehead atoms. The Morgan fingerprint density at radius 1 is 1.38 bits per heavy atom.